The van der Waals surface area contributed by atoms with Gasteiger partial charge in [-0.25, -0.2) is 4.98 Å². The van der Waals surface area contributed by atoms with E-state index in [1.807, 2.05) is 12.1 Å². The molecule has 0 unspecified atom stereocenters. The number of fused-ring (bicyclic) bond motifs is 1. The molecule has 26 heavy (non-hydrogen) atoms. The van der Waals surface area contributed by atoms with Crippen LogP contribution in [0.2, 0.25) is 0 Å². The summed E-state index contributed by atoms with van der Waals surface area (Å²) in [5, 5.41) is 4.32. The summed E-state index contributed by atoms with van der Waals surface area (Å²) < 4.78 is 1.80. The fourth-order valence-electron chi connectivity index (χ4n) is 3.28. The van der Waals surface area contributed by atoms with Crippen molar-refractivity contribution in [2.75, 3.05) is 36.0 Å². The summed E-state index contributed by atoms with van der Waals surface area (Å²) in [5.74, 6) is 1.28. The highest BCUT2D eigenvalue weighted by Gasteiger charge is 2.21. The highest BCUT2D eigenvalue weighted by atomic mass is 16.1. The lowest BCUT2D eigenvalue weighted by molar-refractivity contribution is 0.100. The topological polar surface area (TPSA) is 92.7 Å². The van der Waals surface area contributed by atoms with Gasteiger partial charge in [-0.15, -0.1) is 0 Å². The van der Waals surface area contributed by atoms with Crippen LogP contribution in [0.15, 0.2) is 36.7 Å². The second-order valence-electron chi connectivity index (χ2n) is 6.32. The molecule has 0 radical (unpaired) electrons. The average molecular weight is 351 g/mol. The van der Waals surface area contributed by atoms with Crippen molar-refractivity contribution in [3.05, 3.63) is 47.9 Å². The summed E-state index contributed by atoms with van der Waals surface area (Å²) in [6, 6.07) is 9.55. The minimum atomic E-state index is -0.400. The Morgan fingerprint density at radius 2 is 1.81 bits per heavy atom. The Hall–Kier alpha value is -3.16. The number of benzene rings is 1. The van der Waals surface area contributed by atoms with Gasteiger partial charge in [0.05, 0.1) is 0 Å². The van der Waals surface area contributed by atoms with E-state index in [4.69, 9.17) is 5.73 Å². The van der Waals surface area contributed by atoms with Crippen LogP contribution in [0.25, 0.3) is 5.78 Å². The predicted molar refractivity (Wildman–Crippen MR) is 99.5 cm³/mol. The van der Waals surface area contributed by atoms with Gasteiger partial charge in [-0.3, -0.25) is 4.79 Å². The fraction of sp³-hybridized carbons (Fsp3) is 0.333. The van der Waals surface area contributed by atoms with Crippen molar-refractivity contribution in [3.63, 3.8) is 0 Å². The second-order valence-corrected chi connectivity index (χ2v) is 6.32. The van der Waals surface area contributed by atoms with Gasteiger partial charge in [0, 0.05) is 49.2 Å². The molecule has 1 amide bonds. The summed E-state index contributed by atoms with van der Waals surface area (Å²) >= 11 is 0. The first-order chi connectivity index (χ1) is 12.7. The zero-order chi connectivity index (χ0) is 18.1. The van der Waals surface area contributed by atoms with E-state index < -0.39 is 5.91 Å². The van der Waals surface area contributed by atoms with E-state index in [2.05, 4.69) is 37.9 Å². The van der Waals surface area contributed by atoms with Gasteiger partial charge in [-0.1, -0.05) is 6.92 Å². The molecule has 1 aromatic carbocycles. The molecule has 8 heteroatoms. The largest absolute Gasteiger partial charge is 0.368 e. The number of amides is 1. The quantitative estimate of drug-likeness (QED) is 0.757. The maximum atomic E-state index is 11.2. The lowest BCUT2D eigenvalue weighted by atomic mass is 10.1. The molecular weight excluding hydrogens is 330 g/mol. The number of hydrogen-bond acceptors (Lipinski definition) is 6. The van der Waals surface area contributed by atoms with Crippen LogP contribution in [0.4, 0.5) is 11.5 Å². The van der Waals surface area contributed by atoms with Crippen LogP contribution in [0, 0.1) is 0 Å². The van der Waals surface area contributed by atoms with Crippen molar-refractivity contribution in [3.8, 4) is 0 Å². The lowest BCUT2D eigenvalue weighted by Gasteiger charge is -2.37. The van der Waals surface area contributed by atoms with Crippen molar-refractivity contribution in [2.45, 2.75) is 13.3 Å². The first-order valence-electron chi connectivity index (χ1n) is 8.75. The number of anilines is 2. The number of primary amides is 1. The van der Waals surface area contributed by atoms with E-state index in [9.17, 15) is 4.79 Å². The van der Waals surface area contributed by atoms with Crippen LogP contribution in [-0.2, 0) is 6.42 Å². The number of carbonyl (C=O) groups excluding carboxylic acids is 1. The zero-order valence-corrected chi connectivity index (χ0v) is 14.7. The first kappa shape index (κ1) is 16.3. The van der Waals surface area contributed by atoms with E-state index in [1.54, 1.807) is 23.0 Å². The Kier molecular flexibility index (Phi) is 4.16. The van der Waals surface area contributed by atoms with Gasteiger partial charge in [0.25, 0.3) is 5.78 Å². The van der Waals surface area contributed by atoms with Gasteiger partial charge < -0.3 is 15.5 Å². The summed E-state index contributed by atoms with van der Waals surface area (Å²) in [5.41, 5.74) is 7.96. The molecule has 1 saturated heterocycles. The minimum Gasteiger partial charge on any atom is -0.368 e. The number of nitrogens with zero attached hydrogens (tertiary/aromatic N) is 6. The molecule has 134 valence electrons. The molecule has 3 heterocycles. The Balaban J connectivity index is 1.52. The normalized spacial score (nSPS) is 14.8. The minimum absolute atomic E-state index is 0.400. The highest BCUT2D eigenvalue weighted by Crippen LogP contribution is 2.22. The Bertz CT molecular complexity index is 926. The Morgan fingerprint density at radius 3 is 2.46 bits per heavy atom. The second kappa shape index (κ2) is 6.62. The molecule has 1 aliphatic rings. The zero-order valence-electron chi connectivity index (χ0n) is 14.7. The molecule has 1 fully saturated rings. The van der Waals surface area contributed by atoms with E-state index in [1.165, 1.54) is 0 Å². The van der Waals surface area contributed by atoms with Crippen LogP contribution in [0.3, 0.4) is 0 Å². The summed E-state index contributed by atoms with van der Waals surface area (Å²) in [6.07, 6.45) is 2.41. The molecule has 1 aliphatic heterocycles. The number of aryl methyl sites for hydroxylation is 1. The number of piperazine rings is 1. The summed E-state index contributed by atoms with van der Waals surface area (Å²) in [4.78, 5) is 24.6. The van der Waals surface area contributed by atoms with Crippen LogP contribution < -0.4 is 15.5 Å². The van der Waals surface area contributed by atoms with Crippen LogP contribution >= 0.6 is 0 Å². The van der Waals surface area contributed by atoms with E-state index in [-0.39, 0.29) is 0 Å². The van der Waals surface area contributed by atoms with Crippen LogP contribution in [0.5, 0.6) is 0 Å². The summed E-state index contributed by atoms with van der Waals surface area (Å²) in [7, 11) is 0. The molecule has 0 bridgehead atoms. The van der Waals surface area contributed by atoms with Crippen molar-refractivity contribution in [2.24, 2.45) is 5.73 Å². The molecule has 0 saturated carbocycles. The van der Waals surface area contributed by atoms with Crippen molar-refractivity contribution in [1.29, 1.82) is 0 Å². The third kappa shape index (κ3) is 2.94. The van der Waals surface area contributed by atoms with E-state index in [0.29, 0.717) is 11.3 Å². The summed E-state index contributed by atoms with van der Waals surface area (Å²) in [6.45, 7) is 5.61. The third-order valence-electron chi connectivity index (χ3n) is 4.77. The number of rotatable bonds is 4. The van der Waals surface area contributed by atoms with Crippen LogP contribution in [-0.4, -0.2) is 51.7 Å². The molecule has 0 spiro atoms. The van der Waals surface area contributed by atoms with Gasteiger partial charge in [-0.05, 0) is 30.7 Å². The number of nitrogens with two attached hydrogens (primary N) is 1. The van der Waals surface area contributed by atoms with Crippen molar-refractivity contribution >= 4 is 23.2 Å². The first-order valence-corrected chi connectivity index (χ1v) is 8.75. The molecule has 0 aliphatic carbocycles. The van der Waals surface area contributed by atoms with Gasteiger partial charge in [0.1, 0.15) is 12.1 Å². The maximum absolute atomic E-state index is 11.2. The fourth-order valence-corrected chi connectivity index (χ4v) is 3.28. The standard InChI is InChI=1S/C18H21N7O/c1-2-14-11-16(25-18(22-14)20-12-21-25)24-9-7-23(8-10-24)15-5-3-13(4-6-15)17(19)26/h3-6,11-12H,2,7-10H2,1H3,(H2,19,26). The van der Waals surface area contributed by atoms with E-state index >= 15 is 0 Å². The number of hydrogen-bond donors (Lipinski definition) is 1. The molecule has 3 aromatic rings. The van der Waals surface area contributed by atoms with Gasteiger partial charge >= 0.3 is 0 Å². The predicted octanol–water partition coefficient (Wildman–Crippen LogP) is 1.11. The van der Waals surface area contributed by atoms with E-state index in [0.717, 1.165) is 49.8 Å². The molecule has 0 atom stereocenters. The van der Waals surface area contributed by atoms with Gasteiger partial charge in [-0.2, -0.15) is 14.6 Å². The molecule has 2 N–H and O–H groups in total. The van der Waals surface area contributed by atoms with Gasteiger partial charge in [0.2, 0.25) is 5.91 Å². The van der Waals surface area contributed by atoms with Crippen molar-refractivity contribution in [1.82, 2.24) is 19.6 Å². The molecular formula is C18H21N7O. The van der Waals surface area contributed by atoms with Crippen LogP contribution in [0.1, 0.15) is 23.0 Å². The van der Waals surface area contributed by atoms with Gasteiger partial charge in [0.15, 0.2) is 0 Å². The van der Waals surface area contributed by atoms with Crippen molar-refractivity contribution < 1.29 is 4.79 Å². The smallest absolute Gasteiger partial charge is 0.254 e. The Morgan fingerprint density at radius 1 is 1.12 bits per heavy atom. The number of carbonyl (C=O) groups is 1. The molecule has 2 aromatic heterocycles. The molecule has 8 nitrogen and oxygen atoms in total. The third-order valence-corrected chi connectivity index (χ3v) is 4.77. The average Bonchev–Trinajstić information content (AvgIpc) is 3.16. The molecule has 4 rings (SSSR count). The number of aromatic nitrogens is 4. The highest BCUT2D eigenvalue weighted by molar-refractivity contribution is 5.93. The SMILES string of the molecule is CCc1cc(N2CCN(c3ccc(C(N)=O)cc3)CC2)n2ncnc2n1. The monoisotopic (exact) mass is 351 g/mol. The maximum Gasteiger partial charge on any atom is 0.254 e. The Labute approximate surface area is 151 Å². The lowest BCUT2D eigenvalue weighted by Crippen LogP contribution is -2.47.